The number of likely N-dealkylation sites (tertiary alicyclic amines) is 1. The van der Waals surface area contributed by atoms with Crippen LogP contribution >= 0.6 is 23.2 Å². The number of rotatable bonds is 8. The number of nitrogens with zero attached hydrogens (tertiary/aromatic N) is 1. The number of nitrogens with one attached hydrogen (secondary N) is 1. The molecule has 2 N–H and O–H groups in total. The summed E-state index contributed by atoms with van der Waals surface area (Å²) in [6.07, 6.45) is 1.69. The standard InChI is InChI=1S/C20H24Cl2N2O4S/c21-19-8-7-18(12-20(19)22)29(26,27)23-16-2-1-9-24(14-16)13-15-3-5-17(6-4-15)28-11-10-25/h3-8,12,16,23,25H,1-2,9-11,13-14H2/t16-/m1/s1. The number of piperidine rings is 1. The Balaban J connectivity index is 1.59. The van der Waals surface area contributed by atoms with Gasteiger partial charge in [-0.3, -0.25) is 4.90 Å². The molecule has 0 saturated carbocycles. The number of aliphatic hydroxyl groups excluding tert-OH is 1. The average molecular weight is 459 g/mol. The predicted octanol–water partition coefficient (Wildman–Crippen LogP) is 3.31. The van der Waals surface area contributed by atoms with Gasteiger partial charge >= 0.3 is 0 Å². The van der Waals surface area contributed by atoms with Crippen molar-refractivity contribution in [2.45, 2.75) is 30.3 Å². The Morgan fingerprint density at radius 3 is 2.59 bits per heavy atom. The smallest absolute Gasteiger partial charge is 0.240 e. The van der Waals surface area contributed by atoms with E-state index in [1.54, 1.807) is 0 Å². The quantitative estimate of drug-likeness (QED) is 0.634. The van der Waals surface area contributed by atoms with Crippen LogP contribution in [0, 0.1) is 0 Å². The van der Waals surface area contributed by atoms with Crippen molar-refractivity contribution in [2.75, 3.05) is 26.3 Å². The summed E-state index contributed by atoms with van der Waals surface area (Å²) >= 11 is 11.8. The molecule has 0 amide bonds. The van der Waals surface area contributed by atoms with Crippen molar-refractivity contribution in [3.05, 3.63) is 58.1 Å². The molecule has 0 aliphatic carbocycles. The van der Waals surface area contributed by atoms with Crippen LogP contribution in [-0.4, -0.2) is 50.8 Å². The Morgan fingerprint density at radius 2 is 1.90 bits per heavy atom. The third-order valence-corrected chi connectivity index (χ3v) is 6.98. The lowest BCUT2D eigenvalue weighted by molar-refractivity contribution is 0.194. The first-order valence-corrected chi connectivity index (χ1v) is 11.6. The molecule has 0 bridgehead atoms. The molecule has 1 aliphatic heterocycles. The molecule has 0 spiro atoms. The minimum absolute atomic E-state index is 0.0188. The molecule has 0 radical (unpaired) electrons. The van der Waals surface area contributed by atoms with Crippen molar-refractivity contribution in [1.82, 2.24) is 9.62 Å². The molecule has 1 aliphatic rings. The lowest BCUT2D eigenvalue weighted by Crippen LogP contribution is -2.47. The maximum Gasteiger partial charge on any atom is 0.240 e. The van der Waals surface area contributed by atoms with Crippen LogP contribution in [0.2, 0.25) is 10.0 Å². The molecule has 0 aromatic heterocycles. The summed E-state index contributed by atoms with van der Waals surface area (Å²) in [6, 6.07) is 11.9. The predicted molar refractivity (Wildman–Crippen MR) is 114 cm³/mol. The fraction of sp³-hybridized carbons (Fsp3) is 0.400. The van der Waals surface area contributed by atoms with Gasteiger partial charge in [0.2, 0.25) is 10.0 Å². The molecule has 3 rings (SSSR count). The number of hydrogen-bond acceptors (Lipinski definition) is 5. The average Bonchev–Trinajstić information content (AvgIpc) is 2.69. The molecule has 158 valence electrons. The van der Waals surface area contributed by atoms with Gasteiger partial charge in [0.25, 0.3) is 0 Å². The van der Waals surface area contributed by atoms with E-state index in [2.05, 4.69) is 9.62 Å². The third kappa shape index (κ3) is 6.31. The van der Waals surface area contributed by atoms with Gasteiger partial charge in [0.1, 0.15) is 12.4 Å². The Hall–Kier alpha value is -1.35. The normalized spacial score (nSPS) is 18.0. The molecule has 1 fully saturated rings. The Morgan fingerprint density at radius 1 is 1.14 bits per heavy atom. The highest BCUT2D eigenvalue weighted by atomic mass is 35.5. The zero-order chi connectivity index (χ0) is 20.9. The van der Waals surface area contributed by atoms with Crippen molar-refractivity contribution >= 4 is 33.2 Å². The number of hydrogen-bond donors (Lipinski definition) is 2. The number of benzene rings is 2. The van der Waals surface area contributed by atoms with Crippen LogP contribution < -0.4 is 9.46 Å². The highest BCUT2D eigenvalue weighted by Crippen LogP contribution is 2.25. The van der Waals surface area contributed by atoms with Gasteiger partial charge in [-0.2, -0.15) is 0 Å². The first kappa shape index (κ1) is 22.3. The zero-order valence-corrected chi connectivity index (χ0v) is 18.2. The SMILES string of the molecule is O=S(=O)(N[C@@H]1CCCN(Cc2ccc(OCCO)cc2)C1)c1ccc(Cl)c(Cl)c1. The van der Waals surface area contributed by atoms with Gasteiger partial charge < -0.3 is 9.84 Å². The summed E-state index contributed by atoms with van der Waals surface area (Å²) in [5, 5.41) is 9.35. The van der Waals surface area contributed by atoms with Gasteiger partial charge in [0.15, 0.2) is 0 Å². The van der Waals surface area contributed by atoms with Gasteiger partial charge in [0, 0.05) is 19.1 Å². The van der Waals surface area contributed by atoms with E-state index in [0.717, 1.165) is 31.5 Å². The van der Waals surface area contributed by atoms with Crippen molar-refractivity contribution in [1.29, 1.82) is 0 Å². The summed E-state index contributed by atoms with van der Waals surface area (Å²) in [5.41, 5.74) is 1.12. The van der Waals surface area contributed by atoms with Crippen molar-refractivity contribution in [2.24, 2.45) is 0 Å². The largest absolute Gasteiger partial charge is 0.491 e. The fourth-order valence-corrected chi connectivity index (χ4v) is 4.99. The van der Waals surface area contributed by atoms with E-state index in [0.29, 0.717) is 17.3 Å². The van der Waals surface area contributed by atoms with Gasteiger partial charge in [-0.15, -0.1) is 0 Å². The molecule has 1 saturated heterocycles. The monoisotopic (exact) mass is 458 g/mol. The molecule has 2 aromatic rings. The van der Waals surface area contributed by atoms with Gasteiger partial charge in [0.05, 0.1) is 21.5 Å². The van der Waals surface area contributed by atoms with Crippen molar-refractivity contribution in [3.63, 3.8) is 0 Å². The van der Waals surface area contributed by atoms with Crippen LogP contribution in [0.3, 0.4) is 0 Å². The third-order valence-electron chi connectivity index (χ3n) is 4.72. The lowest BCUT2D eigenvalue weighted by Gasteiger charge is -2.33. The molecular formula is C20H24Cl2N2O4S. The Bertz CT molecular complexity index is 923. The van der Waals surface area contributed by atoms with Crippen molar-refractivity contribution < 1.29 is 18.3 Å². The van der Waals surface area contributed by atoms with E-state index in [1.807, 2.05) is 24.3 Å². The zero-order valence-electron chi connectivity index (χ0n) is 15.9. The summed E-state index contributed by atoms with van der Waals surface area (Å²) in [7, 11) is -3.67. The highest BCUT2D eigenvalue weighted by molar-refractivity contribution is 7.89. The van der Waals surface area contributed by atoms with E-state index >= 15 is 0 Å². The van der Waals surface area contributed by atoms with E-state index < -0.39 is 10.0 Å². The molecule has 1 atom stereocenters. The maximum absolute atomic E-state index is 12.7. The maximum atomic E-state index is 12.7. The molecule has 6 nitrogen and oxygen atoms in total. The second-order valence-corrected chi connectivity index (χ2v) is 9.52. The number of halogens is 2. The Kier molecular flexibility index (Phi) is 7.79. The highest BCUT2D eigenvalue weighted by Gasteiger charge is 2.25. The second-order valence-electron chi connectivity index (χ2n) is 6.99. The van der Waals surface area contributed by atoms with Gasteiger partial charge in [-0.25, -0.2) is 13.1 Å². The van der Waals surface area contributed by atoms with E-state index in [4.69, 9.17) is 33.0 Å². The fourth-order valence-electron chi connectivity index (χ4n) is 3.34. The summed E-state index contributed by atoms with van der Waals surface area (Å²) in [4.78, 5) is 2.34. The van der Waals surface area contributed by atoms with Crippen LogP contribution in [-0.2, 0) is 16.6 Å². The van der Waals surface area contributed by atoms with Gasteiger partial charge in [-0.1, -0.05) is 35.3 Å². The minimum atomic E-state index is -3.67. The van der Waals surface area contributed by atoms with Gasteiger partial charge in [-0.05, 0) is 55.3 Å². The molecule has 1 heterocycles. The summed E-state index contributed by atoms with van der Waals surface area (Å²) in [6.45, 7) is 2.52. The Labute approximate surface area is 181 Å². The van der Waals surface area contributed by atoms with Crippen molar-refractivity contribution in [3.8, 4) is 5.75 Å². The summed E-state index contributed by atoms with van der Waals surface area (Å²) < 4.78 is 33.5. The number of ether oxygens (including phenoxy) is 1. The lowest BCUT2D eigenvalue weighted by atomic mass is 10.1. The topological polar surface area (TPSA) is 78.9 Å². The van der Waals surface area contributed by atoms with Crippen LogP contribution in [0.1, 0.15) is 18.4 Å². The van der Waals surface area contributed by atoms with Crippen LogP contribution in [0.25, 0.3) is 0 Å². The summed E-state index contributed by atoms with van der Waals surface area (Å²) in [5.74, 6) is 0.716. The van der Waals surface area contributed by atoms with E-state index in [-0.39, 0.29) is 29.2 Å². The van der Waals surface area contributed by atoms with Crippen LogP contribution in [0.4, 0.5) is 0 Å². The van der Waals surface area contributed by atoms with Crippen LogP contribution in [0.5, 0.6) is 5.75 Å². The first-order valence-electron chi connectivity index (χ1n) is 9.40. The van der Waals surface area contributed by atoms with Crippen LogP contribution in [0.15, 0.2) is 47.4 Å². The molecule has 29 heavy (non-hydrogen) atoms. The first-order chi connectivity index (χ1) is 13.9. The minimum Gasteiger partial charge on any atom is -0.491 e. The number of sulfonamides is 1. The second kappa shape index (κ2) is 10.1. The van der Waals surface area contributed by atoms with E-state index in [1.165, 1.54) is 18.2 Å². The molecule has 9 heteroatoms. The molecule has 0 unspecified atom stereocenters. The molecule has 2 aromatic carbocycles. The van der Waals surface area contributed by atoms with E-state index in [9.17, 15) is 8.42 Å². The molecular weight excluding hydrogens is 435 g/mol. The number of aliphatic hydroxyl groups is 1.